The molecule has 2 aromatic carbocycles. The molecular weight excluding hydrogens is 323 g/mol. The minimum Gasteiger partial charge on any atom is -0.478 e. The van der Waals surface area contributed by atoms with Gasteiger partial charge in [-0.25, -0.2) is 9.48 Å². The van der Waals surface area contributed by atoms with E-state index in [0.717, 1.165) is 12.1 Å². The predicted molar refractivity (Wildman–Crippen MR) is 78.8 cm³/mol. The smallest absolute Gasteiger partial charge is 0.416 e. The van der Waals surface area contributed by atoms with Crippen molar-refractivity contribution in [3.8, 4) is 16.9 Å². The van der Waals surface area contributed by atoms with Crippen LogP contribution in [0.5, 0.6) is 0 Å². The van der Waals surface area contributed by atoms with E-state index in [1.807, 2.05) is 0 Å². The van der Waals surface area contributed by atoms with Gasteiger partial charge in [0.15, 0.2) is 0 Å². The van der Waals surface area contributed by atoms with Crippen LogP contribution in [0, 0.1) is 0 Å². The minimum atomic E-state index is -4.45. The third-order valence-electron chi connectivity index (χ3n) is 3.39. The lowest BCUT2D eigenvalue weighted by Gasteiger charge is -2.10. The van der Waals surface area contributed by atoms with Gasteiger partial charge in [0, 0.05) is 5.56 Å². The Hall–Kier alpha value is -3.16. The summed E-state index contributed by atoms with van der Waals surface area (Å²) < 4.78 is 39.9. The van der Waals surface area contributed by atoms with Crippen LogP contribution >= 0.6 is 0 Å². The fourth-order valence-electron chi connectivity index (χ4n) is 2.22. The molecule has 0 aliphatic rings. The molecule has 3 aromatic rings. The average molecular weight is 333 g/mol. The summed E-state index contributed by atoms with van der Waals surface area (Å²) in [5.41, 5.74) is 0.486. The van der Waals surface area contributed by atoms with Crippen molar-refractivity contribution in [2.24, 2.45) is 0 Å². The first-order chi connectivity index (χ1) is 11.4. The van der Waals surface area contributed by atoms with E-state index in [4.69, 9.17) is 5.11 Å². The lowest BCUT2D eigenvalue weighted by Crippen LogP contribution is -2.05. The highest BCUT2D eigenvalue weighted by atomic mass is 19.4. The van der Waals surface area contributed by atoms with E-state index in [1.165, 1.54) is 47.3 Å². The number of nitrogens with zero attached hydrogens (tertiary/aromatic N) is 3. The number of halogens is 3. The van der Waals surface area contributed by atoms with Crippen LogP contribution in [0.2, 0.25) is 0 Å². The maximum absolute atomic E-state index is 12.9. The van der Waals surface area contributed by atoms with Gasteiger partial charge in [-0.2, -0.15) is 13.2 Å². The van der Waals surface area contributed by atoms with Crippen LogP contribution in [0.15, 0.2) is 54.7 Å². The Kier molecular flexibility index (Phi) is 3.80. The van der Waals surface area contributed by atoms with E-state index in [-0.39, 0.29) is 5.56 Å². The number of hydrogen-bond acceptors (Lipinski definition) is 3. The number of carboxylic acids is 1. The summed E-state index contributed by atoms with van der Waals surface area (Å²) in [6.45, 7) is 0. The number of aromatic carboxylic acids is 1. The molecule has 0 bridgehead atoms. The van der Waals surface area contributed by atoms with Crippen LogP contribution in [0.25, 0.3) is 16.9 Å². The van der Waals surface area contributed by atoms with Gasteiger partial charge in [-0.1, -0.05) is 17.3 Å². The standard InChI is InChI=1S/C16H10F3N3O2/c17-16(18,19)12-3-1-2-11(8-12)14-9-20-21-22(14)13-6-4-10(5-7-13)15(23)24/h1-9H,(H,23,24). The molecule has 5 nitrogen and oxygen atoms in total. The highest BCUT2D eigenvalue weighted by Crippen LogP contribution is 2.32. The number of alkyl halides is 3. The molecule has 0 aliphatic heterocycles. The molecule has 24 heavy (non-hydrogen) atoms. The fraction of sp³-hybridized carbons (Fsp3) is 0.0625. The van der Waals surface area contributed by atoms with Crippen molar-refractivity contribution < 1.29 is 23.1 Å². The second-order valence-electron chi connectivity index (χ2n) is 4.96. The molecule has 0 radical (unpaired) electrons. The molecule has 0 saturated carbocycles. The molecule has 1 heterocycles. The number of hydrogen-bond donors (Lipinski definition) is 1. The zero-order valence-electron chi connectivity index (χ0n) is 12.0. The summed E-state index contributed by atoms with van der Waals surface area (Å²) in [7, 11) is 0. The molecule has 0 atom stereocenters. The highest BCUT2D eigenvalue weighted by molar-refractivity contribution is 5.87. The molecule has 3 rings (SSSR count). The normalized spacial score (nSPS) is 11.5. The Morgan fingerprint density at radius 2 is 1.79 bits per heavy atom. The van der Waals surface area contributed by atoms with Gasteiger partial charge < -0.3 is 5.11 Å². The number of benzene rings is 2. The van der Waals surface area contributed by atoms with E-state index in [1.54, 1.807) is 0 Å². The van der Waals surface area contributed by atoms with E-state index >= 15 is 0 Å². The van der Waals surface area contributed by atoms with Gasteiger partial charge in [0.2, 0.25) is 0 Å². The highest BCUT2D eigenvalue weighted by Gasteiger charge is 2.30. The molecular formula is C16H10F3N3O2. The second-order valence-corrected chi connectivity index (χ2v) is 4.96. The van der Waals surface area contributed by atoms with Crippen LogP contribution in [-0.4, -0.2) is 26.1 Å². The van der Waals surface area contributed by atoms with Gasteiger partial charge in [-0.3, -0.25) is 0 Å². The van der Waals surface area contributed by atoms with Crippen LogP contribution in [0.4, 0.5) is 13.2 Å². The SMILES string of the molecule is O=C(O)c1ccc(-n2nncc2-c2cccc(C(F)(F)F)c2)cc1. The van der Waals surface area contributed by atoms with Crippen molar-refractivity contribution in [3.05, 3.63) is 65.9 Å². The third kappa shape index (κ3) is 2.98. The largest absolute Gasteiger partial charge is 0.478 e. The Morgan fingerprint density at radius 3 is 2.42 bits per heavy atom. The van der Waals surface area contributed by atoms with E-state index in [2.05, 4.69) is 10.3 Å². The Bertz CT molecular complexity index is 886. The van der Waals surface area contributed by atoms with Crippen LogP contribution in [-0.2, 0) is 6.18 Å². The zero-order chi connectivity index (χ0) is 17.3. The van der Waals surface area contributed by atoms with Crippen molar-refractivity contribution in [1.82, 2.24) is 15.0 Å². The third-order valence-corrected chi connectivity index (χ3v) is 3.39. The number of rotatable bonds is 3. The van der Waals surface area contributed by atoms with Crippen molar-refractivity contribution in [1.29, 1.82) is 0 Å². The topological polar surface area (TPSA) is 68.0 Å². The van der Waals surface area contributed by atoms with E-state index in [9.17, 15) is 18.0 Å². The Balaban J connectivity index is 2.03. The summed E-state index contributed by atoms with van der Waals surface area (Å²) >= 11 is 0. The number of aromatic nitrogens is 3. The van der Waals surface area contributed by atoms with Gasteiger partial charge in [0.1, 0.15) is 0 Å². The van der Waals surface area contributed by atoms with Crippen molar-refractivity contribution in [2.75, 3.05) is 0 Å². The quantitative estimate of drug-likeness (QED) is 0.794. The van der Waals surface area contributed by atoms with Gasteiger partial charge in [-0.15, -0.1) is 5.10 Å². The maximum Gasteiger partial charge on any atom is 0.416 e. The van der Waals surface area contributed by atoms with Gasteiger partial charge in [0.05, 0.1) is 28.7 Å². The molecule has 1 N–H and O–H groups in total. The lowest BCUT2D eigenvalue weighted by molar-refractivity contribution is -0.137. The summed E-state index contributed by atoms with van der Waals surface area (Å²) in [6.07, 6.45) is -3.10. The van der Waals surface area contributed by atoms with Crippen LogP contribution < -0.4 is 0 Å². The van der Waals surface area contributed by atoms with E-state index < -0.39 is 17.7 Å². The monoisotopic (exact) mass is 333 g/mol. The van der Waals surface area contributed by atoms with Gasteiger partial charge in [-0.05, 0) is 36.4 Å². The van der Waals surface area contributed by atoms with Crippen molar-refractivity contribution >= 4 is 5.97 Å². The molecule has 8 heteroatoms. The van der Waals surface area contributed by atoms with Crippen molar-refractivity contribution in [3.63, 3.8) is 0 Å². The number of carboxylic acid groups (broad SMARTS) is 1. The summed E-state index contributed by atoms with van der Waals surface area (Å²) in [5.74, 6) is -1.07. The minimum absolute atomic E-state index is 0.0967. The zero-order valence-corrected chi connectivity index (χ0v) is 12.0. The van der Waals surface area contributed by atoms with Gasteiger partial charge in [0.25, 0.3) is 0 Å². The molecule has 0 unspecified atom stereocenters. The molecule has 0 spiro atoms. The Morgan fingerprint density at radius 1 is 1.08 bits per heavy atom. The molecule has 0 saturated heterocycles. The average Bonchev–Trinajstić information content (AvgIpc) is 3.04. The molecule has 0 amide bonds. The molecule has 1 aromatic heterocycles. The first kappa shape index (κ1) is 15.7. The molecule has 0 fully saturated rings. The van der Waals surface area contributed by atoms with E-state index in [0.29, 0.717) is 16.9 Å². The second kappa shape index (κ2) is 5.80. The number of carbonyl (C=O) groups is 1. The van der Waals surface area contributed by atoms with Crippen LogP contribution in [0.1, 0.15) is 15.9 Å². The molecule has 0 aliphatic carbocycles. The first-order valence-electron chi connectivity index (χ1n) is 6.78. The summed E-state index contributed by atoms with van der Waals surface area (Å²) in [4.78, 5) is 10.9. The van der Waals surface area contributed by atoms with Crippen molar-refractivity contribution in [2.45, 2.75) is 6.18 Å². The fourth-order valence-corrected chi connectivity index (χ4v) is 2.22. The maximum atomic E-state index is 12.9. The summed E-state index contributed by atoms with van der Waals surface area (Å²) in [5, 5.41) is 16.5. The lowest BCUT2D eigenvalue weighted by atomic mass is 10.1. The first-order valence-corrected chi connectivity index (χ1v) is 6.78. The summed E-state index contributed by atoms with van der Waals surface area (Å²) in [6, 6.07) is 10.6. The van der Waals surface area contributed by atoms with Gasteiger partial charge >= 0.3 is 12.1 Å². The Labute approximate surface area is 134 Å². The molecule has 122 valence electrons. The predicted octanol–water partition coefficient (Wildman–Crippen LogP) is 3.65. The van der Waals surface area contributed by atoms with Crippen LogP contribution in [0.3, 0.4) is 0 Å².